The molecule has 0 radical (unpaired) electrons. The molecule has 0 fully saturated rings. The van der Waals surface area contributed by atoms with Gasteiger partial charge in [0.05, 0.1) is 10.7 Å². The Bertz CT molecular complexity index is 668. The van der Waals surface area contributed by atoms with Crippen molar-refractivity contribution in [2.75, 3.05) is 19.6 Å². The lowest BCUT2D eigenvalue weighted by Gasteiger charge is -2.11. The van der Waals surface area contributed by atoms with Crippen molar-refractivity contribution in [1.29, 1.82) is 0 Å². The van der Waals surface area contributed by atoms with Crippen LogP contribution in [0.25, 0.3) is 0 Å². The fourth-order valence-electron chi connectivity index (χ4n) is 2.29. The van der Waals surface area contributed by atoms with E-state index in [0.717, 1.165) is 48.2 Å². The number of hydrogen-bond acceptors (Lipinski definition) is 4. The molecule has 138 valence electrons. The van der Waals surface area contributed by atoms with Crippen molar-refractivity contribution >= 4 is 41.3 Å². The van der Waals surface area contributed by atoms with Gasteiger partial charge in [-0.05, 0) is 44.9 Å². The Morgan fingerprint density at radius 1 is 1.24 bits per heavy atom. The third-order valence-electron chi connectivity index (χ3n) is 3.63. The quantitative estimate of drug-likeness (QED) is 0.327. The second-order valence-electron chi connectivity index (χ2n) is 5.61. The van der Waals surface area contributed by atoms with E-state index in [0.29, 0.717) is 12.3 Å². The molecule has 2 aromatic rings. The Kier molecular flexibility index (Phi) is 9.81. The first kappa shape index (κ1) is 21.7. The number of halogens is 1. The highest BCUT2D eigenvalue weighted by Crippen LogP contribution is 2.16. The minimum absolute atomic E-state index is 0. The van der Waals surface area contributed by atoms with Gasteiger partial charge in [0.15, 0.2) is 5.96 Å². The van der Waals surface area contributed by atoms with Gasteiger partial charge in [-0.1, -0.05) is 12.1 Å². The highest BCUT2D eigenvalue weighted by Gasteiger charge is 2.03. The number of nitrogens with one attached hydrogen (secondary N) is 2. The molecule has 0 aliphatic rings. The predicted octanol–water partition coefficient (Wildman–Crippen LogP) is 3.42. The molecule has 0 saturated heterocycles. The van der Waals surface area contributed by atoms with E-state index in [-0.39, 0.29) is 24.0 Å². The zero-order valence-electron chi connectivity index (χ0n) is 15.0. The van der Waals surface area contributed by atoms with E-state index in [1.807, 2.05) is 19.1 Å². The van der Waals surface area contributed by atoms with Crippen LogP contribution in [0.2, 0.25) is 0 Å². The van der Waals surface area contributed by atoms with E-state index in [9.17, 15) is 5.11 Å². The Morgan fingerprint density at radius 3 is 2.68 bits per heavy atom. The van der Waals surface area contributed by atoms with Gasteiger partial charge in [-0.25, -0.2) is 4.98 Å². The second-order valence-corrected chi connectivity index (χ2v) is 6.89. The van der Waals surface area contributed by atoms with Gasteiger partial charge in [0, 0.05) is 30.9 Å². The molecule has 7 heteroatoms. The Morgan fingerprint density at radius 2 is 2.04 bits per heavy atom. The van der Waals surface area contributed by atoms with Crippen molar-refractivity contribution < 1.29 is 5.11 Å². The molecule has 25 heavy (non-hydrogen) atoms. The third-order valence-corrected chi connectivity index (χ3v) is 4.76. The lowest BCUT2D eigenvalue weighted by Crippen LogP contribution is -2.38. The number of aryl methyl sites for hydroxylation is 2. The maximum atomic E-state index is 9.49. The summed E-state index contributed by atoms with van der Waals surface area (Å²) in [7, 11) is 0. The molecule has 0 unspecified atom stereocenters. The van der Waals surface area contributed by atoms with Crippen molar-refractivity contribution in [3.63, 3.8) is 0 Å². The lowest BCUT2D eigenvalue weighted by molar-refractivity contribution is 0.474. The number of aromatic hydroxyl groups is 1. The Labute approximate surface area is 171 Å². The monoisotopic (exact) mass is 474 g/mol. The number of hydrogen-bond donors (Lipinski definition) is 3. The number of aliphatic imine (C=N–C) groups is 1. The van der Waals surface area contributed by atoms with Gasteiger partial charge in [0.25, 0.3) is 0 Å². The topological polar surface area (TPSA) is 69.5 Å². The Balaban J connectivity index is 0.00000312. The molecule has 2 rings (SSSR count). The summed E-state index contributed by atoms with van der Waals surface area (Å²) in [5.41, 5.74) is 2.22. The minimum atomic E-state index is 0. The van der Waals surface area contributed by atoms with Crippen molar-refractivity contribution in [3.05, 3.63) is 45.4 Å². The van der Waals surface area contributed by atoms with E-state index >= 15 is 0 Å². The fourth-order valence-corrected chi connectivity index (χ4v) is 3.21. The molecule has 1 heterocycles. The number of phenols is 1. The standard InChI is InChI=1S/C18H26N4OS.HI/c1-4-19-18(20-10-8-15-6-5-7-16(23)12-15)21-11-9-17-22-13(2)14(3)24-17;/h5-7,12,23H,4,8-11H2,1-3H3,(H2,19,20,21);1H. The molecular formula is C18H27IN4OS. The van der Waals surface area contributed by atoms with Gasteiger partial charge in [-0.2, -0.15) is 0 Å². The molecule has 0 amide bonds. The number of aromatic nitrogens is 1. The zero-order chi connectivity index (χ0) is 17.4. The minimum Gasteiger partial charge on any atom is -0.508 e. The van der Waals surface area contributed by atoms with Crippen LogP contribution in [0.5, 0.6) is 5.75 Å². The molecule has 5 nitrogen and oxygen atoms in total. The zero-order valence-corrected chi connectivity index (χ0v) is 18.1. The predicted molar refractivity (Wildman–Crippen MR) is 116 cm³/mol. The number of thiazole rings is 1. The van der Waals surface area contributed by atoms with E-state index < -0.39 is 0 Å². The summed E-state index contributed by atoms with van der Waals surface area (Å²) < 4.78 is 0. The maximum absolute atomic E-state index is 9.49. The van der Waals surface area contributed by atoms with Crippen LogP contribution in [-0.2, 0) is 12.8 Å². The van der Waals surface area contributed by atoms with Gasteiger partial charge in [-0.15, -0.1) is 35.3 Å². The van der Waals surface area contributed by atoms with Gasteiger partial charge in [-0.3, -0.25) is 4.99 Å². The van der Waals surface area contributed by atoms with Crippen LogP contribution in [0.4, 0.5) is 0 Å². The Hall–Kier alpha value is -1.35. The van der Waals surface area contributed by atoms with Crippen LogP contribution in [0, 0.1) is 13.8 Å². The summed E-state index contributed by atoms with van der Waals surface area (Å²) in [4.78, 5) is 10.4. The smallest absolute Gasteiger partial charge is 0.191 e. The van der Waals surface area contributed by atoms with E-state index in [1.165, 1.54) is 4.88 Å². The van der Waals surface area contributed by atoms with Gasteiger partial charge in [0.2, 0.25) is 0 Å². The van der Waals surface area contributed by atoms with Crippen LogP contribution in [-0.4, -0.2) is 35.7 Å². The molecule has 0 aliphatic heterocycles. The first-order valence-corrected chi connectivity index (χ1v) is 9.13. The number of phenolic OH excluding ortho intramolecular Hbond substituents is 1. The number of benzene rings is 1. The average molecular weight is 474 g/mol. The van der Waals surface area contributed by atoms with E-state index in [2.05, 4.69) is 34.5 Å². The number of nitrogens with zero attached hydrogens (tertiary/aromatic N) is 2. The maximum Gasteiger partial charge on any atom is 0.191 e. The highest BCUT2D eigenvalue weighted by atomic mass is 127. The molecular weight excluding hydrogens is 447 g/mol. The number of guanidine groups is 1. The van der Waals surface area contributed by atoms with Crippen LogP contribution >= 0.6 is 35.3 Å². The number of rotatable bonds is 7. The van der Waals surface area contributed by atoms with E-state index in [4.69, 9.17) is 0 Å². The van der Waals surface area contributed by atoms with Crippen LogP contribution < -0.4 is 10.6 Å². The molecule has 1 aromatic carbocycles. The molecule has 0 aliphatic carbocycles. The summed E-state index contributed by atoms with van der Waals surface area (Å²) >= 11 is 1.75. The van der Waals surface area contributed by atoms with Crippen molar-refractivity contribution in [2.45, 2.75) is 33.6 Å². The highest BCUT2D eigenvalue weighted by molar-refractivity contribution is 14.0. The molecule has 0 saturated carbocycles. The molecule has 1 aromatic heterocycles. The molecule has 0 spiro atoms. The van der Waals surface area contributed by atoms with Gasteiger partial charge >= 0.3 is 0 Å². The molecule has 3 N–H and O–H groups in total. The summed E-state index contributed by atoms with van der Waals surface area (Å²) in [6, 6.07) is 7.35. The van der Waals surface area contributed by atoms with E-state index in [1.54, 1.807) is 23.5 Å². The lowest BCUT2D eigenvalue weighted by atomic mass is 10.1. The summed E-state index contributed by atoms with van der Waals surface area (Å²) in [6.45, 7) is 8.52. The van der Waals surface area contributed by atoms with Crippen molar-refractivity contribution in [1.82, 2.24) is 15.6 Å². The van der Waals surface area contributed by atoms with Crippen molar-refractivity contribution in [3.8, 4) is 5.75 Å². The summed E-state index contributed by atoms with van der Waals surface area (Å²) in [6.07, 6.45) is 1.70. The summed E-state index contributed by atoms with van der Waals surface area (Å²) in [5, 5.41) is 17.2. The largest absolute Gasteiger partial charge is 0.508 e. The van der Waals surface area contributed by atoms with Crippen LogP contribution in [0.1, 0.15) is 28.1 Å². The normalized spacial score (nSPS) is 11.1. The average Bonchev–Trinajstić information content (AvgIpc) is 2.86. The second kappa shape index (κ2) is 11.3. The third kappa shape index (κ3) is 7.60. The van der Waals surface area contributed by atoms with Crippen LogP contribution in [0.15, 0.2) is 29.3 Å². The summed E-state index contributed by atoms with van der Waals surface area (Å²) in [5.74, 6) is 1.13. The first-order chi connectivity index (χ1) is 11.6. The van der Waals surface area contributed by atoms with Crippen molar-refractivity contribution in [2.24, 2.45) is 4.99 Å². The fraction of sp³-hybridized carbons (Fsp3) is 0.444. The molecule has 0 atom stereocenters. The molecule has 0 bridgehead atoms. The van der Waals surface area contributed by atoms with Crippen LogP contribution in [0.3, 0.4) is 0 Å². The SMILES string of the molecule is CCNC(=NCCc1nc(C)c(C)s1)NCCc1cccc(O)c1.I. The van der Waals surface area contributed by atoms with Gasteiger partial charge < -0.3 is 15.7 Å². The first-order valence-electron chi connectivity index (χ1n) is 8.31. The van der Waals surface area contributed by atoms with Gasteiger partial charge in [0.1, 0.15) is 5.75 Å².